The maximum Gasteiger partial charge on any atom is 0.337 e. The van der Waals surface area contributed by atoms with Gasteiger partial charge in [0.25, 0.3) is 5.91 Å². The highest BCUT2D eigenvalue weighted by atomic mass is 16.5. The van der Waals surface area contributed by atoms with Crippen LogP contribution in [-0.4, -0.2) is 25.1 Å². The first kappa shape index (κ1) is 16.5. The third-order valence-electron chi connectivity index (χ3n) is 3.25. The minimum Gasteiger partial charge on any atom is -0.481 e. The summed E-state index contributed by atoms with van der Waals surface area (Å²) in [5.41, 5.74) is 2.07. The SMILES string of the molecule is COC(=O)c1ccc(NC(=O)C(C)Oc2cccc(C)c2)cc1. The molecule has 2 aromatic carbocycles. The first-order valence-electron chi connectivity index (χ1n) is 7.22. The molecule has 0 saturated carbocycles. The Morgan fingerprint density at radius 1 is 1.09 bits per heavy atom. The summed E-state index contributed by atoms with van der Waals surface area (Å²) in [4.78, 5) is 23.5. The molecular weight excluding hydrogens is 294 g/mol. The first-order chi connectivity index (χ1) is 11.0. The highest BCUT2D eigenvalue weighted by Gasteiger charge is 2.15. The number of nitrogens with one attached hydrogen (secondary N) is 1. The number of carbonyl (C=O) groups is 2. The van der Waals surface area contributed by atoms with Crippen LogP contribution in [0.15, 0.2) is 48.5 Å². The highest BCUT2D eigenvalue weighted by Crippen LogP contribution is 2.16. The lowest BCUT2D eigenvalue weighted by molar-refractivity contribution is -0.122. The van der Waals surface area contributed by atoms with Crippen LogP contribution in [0, 0.1) is 6.92 Å². The molecule has 0 aliphatic heterocycles. The van der Waals surface area contributed by atoms with Crippen molar-refractivity contribution in [1.29, 1.82) is 0 Å². The smallest absolute Gasteiger partial charge is 0.337 e. The Hall–Kier alpha value is -2.82. The van der Waals surface area contributed by atoms with Gasteiger partial charge in [-0.1, -0.05) is 12.1 Å². The van der Waals surface area contributed by atoms with E-state index in [1.54, 1.807) is 31.2 Å². The van der Waals surface area contributed by atoms with E-state index in [0.29, 0.717) is 17.0 Å². The lowest BCUT2D eigenvalue weighted by atomic mass is 10.2. The summed E-state index contributed by atoms with van der Waals surface area (Å²) in [7, 11) is 1.32. The minimum absolute atomic E-state index is 0.266. The van der Waals surface area contributed by atoms with Crippen molar-refractivity contribution >= 4 is 17.6 Å². The molecule has 1 unspecified atom stereocenters. The predicted molar refractivity (Wildman–Crippen MR) is 87.7 cm³/mol. The van der Waals surface area contributed by atoms with Gasteiger partial charge in [-0.15, -0.1) is 0 Å². The monoisotopic (exact) mass is 313 g/mol. The van der Waals surface area contributed by atoms with Gasteiger partial charge in [-0.05, 0) is 55.8 Å². The molecule has 1 amide bonds. The number of amides is 1. The van der Waals surface area contributed by atoms with Crippen LogP contribution in [0.25, 0.3) is 0 Å². The van der Waals surface area contributed by atoms with Crippen molar-refractivity contribution in [3.8, 4) is 5.75 Å². The molecule has 0 fully saturated rings. The molecule has 5 nitrogen and oxygen atoms in total. The van der Waals surface area contributed by atoms with Gasteiger partial charge in [0, 0.05) is 5.69 Å². The van der Waals surface area contributed by atoms with Crippen molar-refractivity contribution in [3.63, 3.8) is 0 Å². The number of benzene rings is 2. The average molecular weight is 313 g/mol. The zero-order valence-electron chi connectivity index (χ0n) is 13.3. The summed E-state index contributed by atoms with van der Waals surface area (Å²) in [5.74, 6) is -0.0370. The summed E-state index contributed by atoms with van der Waals surface area (Å²) < 4.78 is 10.2. The maximum absolute atomic E-state index is 12.1. The van der Waals surface area contributed by atoms with Crippen LogP contribution in [0.2, 0.25) is 0 Å². The van der Waals surface area contributed by atoms with E-state index in [2.05, 4.69) is 10.1 Å². The molecule has 1 atom stereocenters. The van der Waals surface area contributed by atoms with Gasteiger partial charge in [0.05, 0.1) is 12.7 Å². The molecule has 2 aromatic rings. The fraction of sp³-hybridized carbons (Fsp3) is 0.222. The molecule has 0 heterocycles. The first-order valence-corrected chi connectivity index (χ1v) is 7.22. The van der Waals surface area contributed by atoms with E-state index >= 15 is 0 Å². The van der Waals surface area contributed by atoms with Gasteiger partial charge in [0.2, 0.25) is 0 Å². The number of hydrogen-bond acceptors (Lipinski definition) is 4. The number of rotatable bonds is 5. The van der Waals surface area contributed by atoms with Crippen molar-refractivity contribution in [1.82, 2.24) is 0 Å². The second-order valence-corrected chi connectivity index (χ2v) is 5.13. The van der Waals surface area contributed by atoms with Gasteiger partial charge < -0.3 is 14.8 Å². The number of esters is 1. The number of aryl methyl sites for hydroxylation is 1. The topological polar surface area (TPSA) is 64.6 Å². The molecule has 0 radical (unpaired) electrons. The average Bonchev–Trinajstić information content (AvgIpc) is 2.54. The molecule has 0 aliphatic carbocycles. The Balaban J connectivity index is 1.96. The number of methoxy groups -OCH3 is 1. The van der Waals surface area contributed by atoms with Crippen molar-refractivity contribution in [2.75, 3.05) is 12.4 Å². The molecule has 0 bridgehead atoms. The molecular formula is C18H19NO4. The maximum atomic E-state index is 12.1. The minimum atomic E-state index is -0.642. The van der Waals surface area contributed by atoms with E-state index in [4.69, 9.17) is 4.74 Å². The van der Waals surface area contributed by atoms with Gasteiger partial charge >= 0.3 is 5.97 Å². The Bertz CT molecular complexity index is 694. The Kier molecular flexibility index (Phi) is 5.36. The molecule has 0 aromatic heterocycles. The zero-order chi connectivity index (χ0) is 16.8. The summed E-state index contributed by atoms with van der Waals surface area (Å²) in [6, 6.07) is 14.0. The van der Waals surface area contributed by atoms with Crippen molar-refractivity contribution in [2.45, 2.75) is 20.0 Å². The lowest BCUT2D eigenvalue weighted by Crippen LogP contribution is -2.30. The van der Waals surface area contributed by atoms with Crippen LogP contribution in [0.4, 0.5) is 5.69 Å². The molecule has 0 spiro atoms. The van der Waals surface area contributed by atoms with E-state index < -0.39 is 12.1 Å². The fourth-order valence-corrected chi connectivity index (χ4v) is 2.00. The van der Waals surface area contributed by atoms with Crippen LogP contribution in [0.1, 0.15) is 22.8 Å². The highest BCUT2D eigenvalue weighted by molar-refractivity contribution is 5.95. The van der Waals surface area contributed by atoms with Crippen molar-refractivity contribution in [2.24, 2.45) is 0 Å². The summed E-state index contributed by atoms with van der Waals surface area (Å²) >= 11 is 0. The van der Waals surface area contributed by atoms with E-state index in [0.717, 1.165) is 5.56 Å². The fourth-order valence-electron chi connectivity index (χ4n) is 2.00. The number of anilines is 1. The van der Waals surface area contributed by atoms with Crippen LogP contribution >= 0.6 is 0 Å². The number of hydrogen-bond donors (Lipinski definition) is 1. The molecule has 1 N–H and O–H groups in total. The molecule has 2 rings (SSSR count). The standard InChI is InChI=1S/C18H19NO4/c1-12-5-4-6-16(11-12)23-13(2)17(20)19-15-9-7-14(8-10-15)18(21)22-3/h4-11,13H,1-3H3,(H,19,20). The molecule has 23 heavy (non-hydrogen) atoms. The lowest BCUT2D eigenvalue weighted by Gasteiger charge is -2.15. The third kappa shape index (κ3) is 4.57. The third-order valence-corrected chi connectivity index (χ3v) is 3.25. The van der Waals surface area contributed by atoms with E-state index in [9.17, 15) is 9.59 Å². The number of ether oxygens (including phenoxy) is 2. The van der Waals surface area contributed by atoms with Crippen LogP contribution < -0.4 is 10.1 Å². The predicted octanol–water partition coefficient (Wildman–Crippen LogP) is 3.19. The molecule has 5 heteroatoms. The molecule has 120 valence electrons. The van der Waals surface area contributed by atoms with Gasteiger partial charge in [0.15, 0.2) is 6.10 Å². The van der Waals surface area contributed by atoms with Crippen LogP contribution in [-0.2, 0) is 9.53 Å². The van der Waals surface area contributed by atoms with Gasteiger partial charge in [0.1, 0.15) is 5.75 Å². The van der Waals surface area contributed by atoms with Gasteiger partial charge in [-0.3, -0.25) is 4.79 Å². The molecule has 0 aliphatic rings. The zero-order valence-corrected chi connectivity index (χ0v) is 13.3. The van der Waals surface area contributed by atoms with Crippen molar-refractivity contribution < 1.29 is 19.1 Å². The normalized spacial score (nSPS) is 11.4. The molecule has 0 saturated heterocycles. The second kappa shape index (κ2) is 7.45. The van der Waals surface area contributed by atoms with Crippen molar-refractivity contribution in [3.05, 3.63) is 59.7 Å². The number of carbonyl (C=O) groups excluding carboxylic acids is 2. The summed E-state index contributed by atoms with van der Waals surface area (Å²) in [6.45, 7) is 3.64. The largest absolute Gasteiger partial charge is 0.481 e. The summed E-state index contributed by atoms with van der Waals surface area (Å²) in [5, 5.41) is 2.74. The van der Waals surface area contributed by atoms with Gasteiger partial charge in [-0.2, -0.15) is 0 Å². The Morgan fingerprint density at radius 3 is 2.39 bits per heavy atom. The van der Waals surface area contributed by atoms with Crippen LogP contribution in [0.3, 0.4) is 0 Å². The van der Waals surface area contributed by atoms with E-state index in [1.807, 2.05) is 31.2 Å². The van der Waals surface area contributed by atoms with Crippen LogP contribution in [0.5, 0.6) is 5.75 Å². The van der Waals surface area contributed by atoms with E-state index in [-0.39, 0.29) is 5.91 Å². The second-order valence-electron chi connectivity index (χ2n) is 5.13. The van der Waals surface area contributed by atoms with E-state index in [1.165, 1.54) is 7.11 Å². The Morgan fingerprint density at radius 2 is 1.78 bits per heavy atom. The quantitative estimate of drug-likeness (QED) is 0.861. The Labute approximate surface area is 135 Å². The summed E-state index contributed by atoms with van der Waals surface area (Å²) in [6.07, 6.45) is -0.642. The van der Waals surface area contributed by atoms with Gasteiger partial charge in [-0.25, -0.2) is 4.79 Å².